The molecule has 0 saturated carbocycles. The summed E-state index contributed by atoms with van der Waals surface area (Å²) in [7, 11) is 1.53. The molecule has 0 aromatic heterocycles. The van der Waals surface area contributed by atoms with E-state index in [1.165, 1.54) is 7.11 Å². The van der Waals surface area contributed by atoms with E-state index in [0.29, 0.717) is 17.1 Å². The monoisotopic (exact) mass is 369 g/mol. The summed E-state index contributed by atoms with van der Waals surface area (Å²) in [6.07, 6.45) is -0.269. The normalized spacial score (nSPS) is 10.2. The van der Waals surface area contributed by atoms with E-state index in [1.807, 2.05) is 31.2 Å². The highest BCUT2D eigenvalue weighted by Crippen LogP contribution is 2.24. The number of para-hydroxylation sites is 2. The van der Waals surface area contributed by atoms with Crippen LogP contribution in [0.4, 0.5) is 17.1 Å². The molecule has 2 aromatic rings. The summed E-state index contributed by atoms with van der Waals surface area (Å²) >= 11 is 0. The fourth-order valence-electron chi connectivity index (χ4n) is 2.86. The van der Waals surface area contributed by atoms with Crippen LogP contribution in [0.5, 0.6) is 5.75 Å². The van der Waals surface area contributed by atoms with E-state index in [-0.39, 0.29) is 12.3 Å². The molecule has 27 heavy (non-hydrogen) atoms. The van der Waals surface area contributed by atoms with Crippen LogP contribution in [0.25, 0.3) is 0 Å². The van der Waals surface area contributed by atoms with Gasteiger partial charge in [0.25, 0.3) is 0 Å². The molecular weight excluding hydrogens is 342 g/mol. The number of ether oxygens (including phenoxy) is 1. The highest BCUT2D eigenvalue weighted by molar-refractivity contribution is 6.08. The van der Waals surface area contributed by atoms with Crippen molar-refractivity contribution < 1.29 is 14.3 Å². The van der Waals surface area contributed by atoms with Gasteiger partial charge in [0, 0.05) is 24.5 Å². The number of benzene rings is 2. The van der Waals surface area contributed by atoms with E-state index in [0.717, 1.165) is 24.3 Å². The molecule has 2 amide bonds. The Kier molecular flexibility index (Phi) is 7.23. The number of aryl methyl sites for hydroxylation is 1. The summed E-state index contributed by atoms with van der Waals surface area (Å²) in [5.41, 5.74) is 3.32. The van der Waals surface area contributed by atoms with Gasteiger partial charge in [0.05, 0.1) is 12.8 Å². The number of anilines is 3. The lowest BCUT2D eigenvalue weighted by atomic mass is 10.1. The van der Waals surface area contributed by atoms with Crippen LogP contribution in [0, 0.1) is 6.92 Å². The van der Waals surface area contributed by atoms with Crippen LogP contribution in [0.3, 0.4) is 0 Å². The van der Waals surface area contributed by atoms with Crippen LogP contribution in [0.15, 0.2) is 42.5 Å². The van der Waals surface area contributed by atoms with E-state index in [9.17, 15) is 9.59 Å². The lowest BCUT2D eigenvalue weighted by molar-refractivity contribution is -0.123. The van der Waals surface area contributed by atoms with Gasteiger partial charge in [-0.3, -0.25) is 9.59 Å². The van der Waals surface area contributed by atoms with Crippen LogP contribution in [-0.2, 0) is 9.59 Å². The minimum absolute atomic E-state index is 0.269. The Morgan fingerprint density at radius 1 is 0.963 bits per heavy atom. The number of rotatable bonds is 8. The van der Waals surface area contributed by atoms with Gasteiger partial charge in [0.15, 0.2) is 0 Å². The molecule has 2 N–H and O–H groups in total. The molecule has 2 aromatic carbocycles. The second kappa shape index (κ2) is 9.62. The van der Waals surface area contributed by atoms with E-state index in [1.54, 1.807) is 18.2 Å². The van der Waals surface area contributed by atoms with Gasteiger partial charge < -0.3 is 20.3 Å². The zero-order valence-corrected chi connectivity index (χ0v) is 16.3. The third-order valence-electron chi connectivity index (χ3n) is 4.31. The van der Waals surface area contributed by atoms with Gasteiger partial charge in [0.2, 0.25) is 11.8 Å². The average molecular weight is 369 g/mol. The van der Waals surface area contributed by atoms with Gasteiger partial charge in [-0.15, -0.1) is 0 Å². The summed E-state index contributed by atoms with van der Waals surface area (Å²) in [6.45, 7) is 8.00. The van der Waals surface area contributed by atoms with Crippen molar-refractivity contribution in [2.24, 2.45) is 0 Å². The Morgan fingerprint density at radius 2 is 1.59 bits per heavy atom. The van der Waals surface area contributed by atoms with Crippen molar-refractivity contribution in [3.8, 4) is 5.75 Å². The molecule has 0 aliphatic carbocycles. The SMILES string of the molecule is CCN(CC)c1ccc(NC(=O)CC(=O)Nc2ccccc2OC)c(C)c1. The van der Waals surface area contributed by atoms with Crippen molar-refractivity contribution in [3.63, 3.8) is 0 Å². The zero-order valence-electron chi connectivity index (χ0n) is 16.3. The van der Waals surface area contributed by atoms with Crippen molar-refractivity contribution >= 4 is 28.9 Å². The highest BCUT2D eigenvalue weighted by Gasteiger charge is 2.13. The molecule has 0 bridgehead atoms. The lowest BCUT2D eigenvalue weighted by Gasteiger charge is -2.22. The average Bonchev–Trinajstić information content (AvgIpc) is 2.65. The molecule has 6 heteroatoms. The fraction of sp³-hybridized carbons (Fsp3) is 0.333. The fourth-order valence-corrected chi connectivity index (χ4v) is 2.86. The molecule has 6 nitrogen and oxygen atoms in total. The van der Waals surface area contributed by atoms with Crippen molar-refractivity contribution in [1.29, 1.82) is 0 Å². The Bertz CT molecular complexity index is 801. The number of methoxy groups -OCH3 is 1. The van der Waals surface area contributed by atoms with E-state index in [2.05, 4.69) is 29.4 Å². The first-order valence-corrected chi connectivity index (χ1v) is 9.06. The van der Waals surface area contributed by atoms with E-state index < -0.39 is 5.91 Å². The topological polar surface area (TPSA) is 70.7 Å². The van der Waals surface area contributed by atoms with Crippen molar-refractivity contribution in [1.82, 2.24) is 0 Å². The molecule has 0 fully saturated rings. The zero-order chi connectivity index (χ0) is 19.8. The predicted octanol–water partition coefficient (Wildman–Crippen LogP) is 3.82. The van der Waals surface area contributed by atoms with Crippen LogP contribution in [0.2, 0.25) is 0 Å². The number of carbonyl (C=O) groups is 2. The highest BCUT2D eigenvalue weighted by atomic mass is 16.5. The number of amides is 2. The number of carbonyl (C=O) groups excluding carboxylic acids is 2. The molecule has 2 rings (SSSR count). The number of hydrogen-bond acceptors (Lipinski definition) is 4. The minimum Gasteiger partial charge on any atom is -0.495 e. The molecule has 0 heterocycles. The van der Waals surface area contributed by atoms with Crippen LogP contribution < -0.4 is 20.3 Å². The molecule has 0 spiro atoms. The Labute approximate surface area is 160 Å². The molecule has 0 unspecified atom stereocenters. The molecule has 0 aliphatic heterocycles. The Balaban J connectivity index is 1.98. The third-order valence-corrected chi connectivity index (χ3v) is 4.31. The molecule has 0 aliphatic rings. The predicted molar refractivity (Wildman–Crippen MR) is 110 cm³/mol. The number of nitrogens with zero attached hydrogens (tertiary/aromatic N) is 1. The first-order chi connectivity index (χ1) is 13.0. The lowest BCUT2D eigenvalue weighted by Crippen LogP contribution is -2.23. The second-order valence-electron chi connectivity index (χ2n) is 6.14. The van der Waals surface area contributed by atoms with Gasteiger partial charge in [0.1, 0.15) is 12.2 Å². The van der Waals surface area contributed by atoms with E-state index >= 15 is 0 Å². The number of nitrogens with one attached hydrogen (secondary N) is 2. The largest absolute Gasteiger partial charge is 0.495 e. The Morgan fingerprint density at radius 3 is 2.19 bits per heavy atom. The molecular formula is C21H27N3O3. The maximum atomic E-state index is 12.2. The summed E-state index contributed by atoms with van der Waals surface area (Å²) in [4.78, 5) is 26.6. The summed E-state index contributed by atoms with van der Waals surface area (Å²) in [5, 5.41) is 5.51. The van der Waals surface area contributed by atoms with Gasteiger partial charge in [-0.1, -0.05) is 12.1 Å². The molecule has 0 atom stereocenters. The molecule has 0 saturated heterocycles. The van der Waals surface area contributed by atoms with Crippen molar-refractivity contribution in [2.45, 2.75) is 27.2 Å². The summed E-state index contributed by atoms with van der Waals surface area (Å²) < 4.78 is 5.19. The van der Waals surface area contributed by atoms with Gasteiger partial charge in [-0.05, 0) is 56.7 Å². The standard InChI is InChI=1S/C21H27N3O3/c1-5-24(6-2)16-11-12-17(15(3)13-16)22-20(25)14-21(26)23-18-9-7-8-10-19(18)27-4/h7-13H,5-6,14H2,1-4H3,(H,22,25)(H,23,26). The smallest absolute Gasteiger partial charge is 0.233 e. The maximum Gasteiger partial charge on any atom is 0.233 e. The quantitative estimate of drug-likeness (QED) is 0.694. The third kappa shape index (κ3) is 5.48. The number of hydrogen-bond donors (Lipinski definition) is 2. The van der Waals surface area contributed by atoms with Crippen LogP contribution >= 0.6 is 0 Å². The van der Waals surface area contributed by atoms with Gasteiger partial charge in [-0.25, -0.2) is 0 Å². The van der Waals surface area contributed by atoms with Crippen LogP contribution in [0.1, 0.15) is 25.8 Å². The van der Waals surface area contributed by atoms with Crippen LogP contribution in [-0.4, -0.2) is 32.0 Å². The van der Waals surface area contributed by atoms with Gasteiger partial charge >= 0.3 is 0 Å². The first-order valence-electron chi connectivity index (χ1n) is 9.06. The second-order valence-corrected chi connectivity index (χ2v) is 6.14. The Hall–Kier alpha value is -3.02. The summed E-state index contributed by atoms with van der Waals surface area (Å²) in [5.74, 6) is -0.204. The van der Waals surface area contributed by atoms with Gasteiger partial charge in [-0.2, -0.15) is 0 Å². The molecule has 0 radical (unpaired) electrons. The van der Waals surface area contributed by atoms with Crippen molar-refractivity contribution in [3.05, 3.63) is 48.0 Å². The first kappa shape index (κ1) is 20.3. The van der Waals surface area contributed by atoms with E-state index in [4.69, 9.17) is 4.74 Å². The summed E-state index contributed by atoms with van der Waals surface area (Å²) in [6, 6.07) is 13.0. The maximum absolute atomic E-state index is 12.2. The van der Waals surface area contributed by atoms with Crippen molar-refractivity contribution in [2.75, 3.05) is 35.7 Å². The molecule has 144 valence electrons. The minimum atomic E-state index is -0.394.